The van der Waals surface area contributed by atoms with E-state index in [1.165, 1.54) is 11.1 Å². The number of pyridine rings is 1. The average Bonchev–Trinajstić information content (AvgIpc) is 3.34. The monoisotopic (exact) mass is 364 g/mol. The number of primary amides is 1. The van der Waals surface area contributed by atoms with Crippen LogP contribution in [0.5, 0.6) is 5.75 Å². The Kier molecular flexibility index (Phi) is 4.94. The molecule has 1 saturated heterocycles. The summed E-state index contributed by atoms with van der Waals surface area (Å²) in [5.41, 5.74) is 10.5. The lowest BCUT2D eigenvalue weighted by Gasteiger charge is -2.16. The minimum absolute atomic E-state index is 0.136. The van der Waals surface area contributed by atoms with Gasteiger partial charge in [0.05, 0.1) is 12.3 Å². The van der Waals surface area contributed by atoms with Crippen LogP contribution in [-0.4, -0.2) is 30.2 Å². The van der Waals surface area contributed by atoms with E-state index in [0.29, 0.717) is 18.1 Å². The highest BCUT2D eigenvalue weighted by molar-refractivity contribution is 5.92. The zero-order valence-corrected chi connectivity index (χ0v) is 15.3. The number of carbonyl (C=O) groups is 1. The number of hydrogen-bond donors (Lipinski definition) is 1. The van der Waals surface area contributed by atoms with Crippen molar-refractivity contribution >= 4 is 12.0 Å². The molecular weight excluding hydrogens is 340 g/mol. The van der Waals surface area contributed by atoms with Gasteiger partial charge in [-0.25, -0.2) is 4.98 Å². The molecule has 1 aliphatic carbocycles. The maximum atomic E-state index is 11.9. The second-order valence-corrected chi connectivity index (χ2v) is 7.26. The molecule has 2 N–H and O–H groups in total. The van der Waals surface area contributed by atoms with Crippen molar-refractivity contribution in [3.63, 3.8) is 0 Å². The van der Waals surface area contributed by atoms with Crippen LogP contribution < -0.4 is 10.5 Å². The lowest BCUT2D eigenvalue weighted by molar-refractivity contribution is 0.0677. The first kappa shape index (κ1) is 17.7. The van der Waals surface area contributed by atoms with Crippen LogP contribution >= 0.6 is 0 Å². The molecule has 2 atom stereocenters. The number of hydrogen-bond acceptors (Lipinski definition) is 4. The summed E-state index contributed by atoms with van der Waals surface area (Å²) in [6.45, 7) is 5.14. The first-order valence-electron chi connectivity index (χ1n) is 9.42. The maximum absolute atomic E-state index is 11.9. The molecule has 0 saturated carbocycles. The van der Waals surface area contributed by atoms with Gasteiger partial charge in [-0.15, -0.1) is 0 Å². The number of fused-ring (bicyclic) bond motifs is 1. The van der Waals surface area contributed by atoms with E-state index >= 15 is 0 Å². The Hall–Kier alpha value is -2.66. The second kappa shape index (κ2) is 7.53. The smallest absolute Gasteiger partial charge is 0.267 e. The summed E-state index contributed by atoms with van der Waals surface area (Å²) >= 11 is 0. The van der Waals surface area contributed by atoms with Crippen molar-refractivity contribution in [1.82, 2.24) is 4.98 Å². The molecule has 0 bridgehead atoms. The molecule has 140 valence electrons. The van der Waals surface area contributed by atoms with Crippen LogP contribution in [0, 0.1) is 0 Å². The SMILES string of the molecule is C=Cc1ccc2c(c1)C[C@H](c1cc(OC[C@@H]3CCCO3)cnc1C(N)=O)C2. The molecule has 0 unspecified atom stereocenters. The third-order valence-corrected chi connectivity index (χ3v) is 5.42. The van der Waals surface area contributed by atoms with Gasteiger partial charge in [0.2, 0.25) is 0 Å². The number of rotatable bonds is 6. The average molecular weight is 364 g/mol. The summed E-state index contributed by atoms with van der Waals surface area (Å²) in [5.74, 6) is 0.327. The summed E-state index contributed by atoms with van der Waals surface area (Å²) in [7, 11) is 0. The molecule has 2 heterocycles. The number of ether oxygens (including phenoxy) is 2. The summed E-state index contributed by atoms with van der Waals surface area (Å²) in [6.07, 6.45) is 7.38. The molecule has 0 radical (unpaired) electrons. The van der Waals surface area contributed by atoms with E-state index in [0.717, 1.165) is 43.4 Å². The van der Waals surface area contributed by atoms with Crippen molar-refractivity contribution in [2.24, 2.45) is 5.73 Å². The number of aromatic nitrogens is 1. The van der Waals surface area contributed by atoms with Gasteiger partial charge in [-0.3, -0.25) is 4.79 Å². The Bertz CT molecular complexity index is 872. The molecular formula is C22H24N2O3. The normalized spacial score (nSPS) is 21.0. The predicted octanol–water partition coefficient (Wildman–Crippen LogP) is 3.26. The summed E-state index contributed by atoms with van der Waals surface area (Å²) in [5, 5.41) is 0. The van der Waals surface area contributed by atoms with Crippen LogP contribution in [0.1, 0.15) is 51.5 Å². The Morgan fingerprint density at radius 2 is 2.19 bits per heavy atom. The largest absolute Gasteiger partial charge is 0.489 e. The van der Waals surface area contributed by atoms with Crippen molar-refractivity contribution in [3.8, 4) is 5.75 Å². The number of benzene rings is 1. The second-order valence-electron chi connectivity index (χ2n) is 7.26. The molecule has 2 aliphatic rings. The Morgan fingerprint density at radius 3 is 2.93 bits per heavy atom. The molecule has 1 aromatic carbocycles. The van der Waals surface area contributed by atoms with Crippen LogP contribution in [0.4, 0.5) is 0 Å². The van der Waals surface area contributed by atoms with Crippen LogP contribution in [-0.2, 0) is 17.6 Å². The fourth-order valence-corrected chi connectivity index (χ4v) is 4.01. The first-order valence-corrected chi connectivity index (χ1v) is 9.42. The lowest BCUT2D eigenvalue weighted by Crippen LogP contribution is -2.19. The van der Waals surface area contributed by atoms with E-state index in [4.69, 9.17) is 15.2 Å². The number of amides is 1. The molecule has 1 fully saturated rings. The third-order valence-electron chi connectivity index (χ3n) is 5.42. The van der Waals surface area contributed by atoms with Gasteiger partial charge in [0.1, 0.15) is 18.1 Å². The van der Waals surface area contributed by atoms with Gasteiger partial charge < -0.3 is 15.2 Å². The quantitative estimate of drug-likeness (QED) is 0.854. The van der Waals surface area contributed by atoms with Crippen molar-refractivity contribution in [2.75, 3.05) is 13.2 Å². The van der Waals surface area contributed by atoms with Gasteiger partial charge in [-0.1, -0.05) is 30.9 Å². The Morgan fingerprint density at radius 1 is 1.33 bits per heavy atom. The molecule has 4 rings (SSSR count). The zero-order chi connectivity index (χ0) is 18.8. The number of nitrogens with zero attached hydrogens (tertiary/aromatic N) is 1. The van der Waals surface area contributed by atoms with Crippen LogP contribution in [0.2, 0.25) is 0 Å². The van der Waals surface area contributed by atoms with Gasteiger partial charge in [0.25, 0.3) is 5.91 Å². The fourth-order valence-electron chi connectivity index (χ4n) is 4.01. The fraction of sp³-hybridized carbons (Fsp3) is 0.364. The van der Waals surface area contributed by atoms with Crippen molar-refractivity contribution in [3.05, 3.63) is 65.0 Å². The van der Waals surface area contributed by atoms with Gasteiger partial charge in [0.15, 0.2) is 0 Å². The molecule has 27 heavy (non-hydrogen) atoms. The van der Waals surface area contributed by atoms with Crippen molar-refractivity contribution < 1.29 is 14.3 Å². The zero-order valence-electron chi connectivity index (χ0n) is 15.3. The molecule has 5 heteroatoms. The Labute approximate surface area is 159 Å². The highest BCUT2D eigenvalue weighted by Gasteiger charge is 2.27. The summed E-state index contributed by atoms with van der Waals surface area (Å²) < 4.78 is 11.5. The summed E-state index contributed by atoms with van der Waals surface area (Å²) in [6, 6.07) is 8.30. The third kappa shape index (κ3) is 3.74. The Balaban J connectivity index is 1.57. The molecule has 5 nitrogen and oxygen atoms in total. The molecule has 1 aliphatic heterocycles. The van der Waals surface area contributed by atoms with Crippen molar-refractivity contribution in [2.45, 2.75) is 37.7 Å². The molecule has 1 aromatic heterocycles. The van der Waals surface area contributed by atoms with Crippen LogP contribution in [0.25, 0.3) is 6.08 Å². The van der Waals surface area contributed by atoms with E-state index in [1.807, 2.05) is 12.1 Å². The van der Waals surface area contributed by atoms with E-state index in [-0.39, 0.29) is 12.0 Å². The van der Waals surface area contributed by atoms with Crippen LogP contribution in [0.15, 0.2) is 37.0 Å². The van der Waals surface area contributed by atoms with E-state index in [1.54, 1.807) is 6.20 Å². The topological polar surface area (TPSA) is 74.4 Å². The minimum Gasteiger partial charge on any atom is -0.489 e. The van der Waals surface area contributed by atoms with Gasteiger partial charge >= 0.3 is 0 Å². The molecule has 0 spiro atoms. The first-order chi connectivity index (χ1) is 13.1. The number of nitrogens with two attached hydrogens (primary N) is 1. The highest BCUT2D eigenvalue weighted by Crippen LogP contribution is 2.37. The van der Waals surface area contributed by atoms with Crippen molar-refractivity contribution in [1.29, 1.82) is 0 Å². The van der Waals surface area contributed by atoms with E-state index in [2.05, 4.69) is 29.8 Å². The summed E-state index contributed by atoms with van der Waals surface area (Å²) in [4.78, 5) is 16.2. The van der Waals surface area contributed by atoms with E-state index < -0.39 is 5.91 Å². The van der Waals surface area contributed by atoms with Gasteiger partial charge in [0, 0.05) is 6.61 Å². The predicted molar refractivity (Wildman–Crippen MR) is 104 cm³/mol. The van der Waals surface area contributed by atoms with Crippen LogP contribution in [0.3, 0.4) is 0 Å². The van der Waals surface area contributed by atoms with Gasteiger partial charge in [-0.05, 0) is 59.9 Å². The maximum Gasteiger partial charge on any atom is 0.267 e. The molecule has 1 amide bonds. The lowest BCUT2D eigenvalue weighted by atomic mass is 9.94. The van der Waals surface area contributed by atoms with E-state index in [9.17, 15) is 4.79 Å². The number of carbonyl (C=O) groups excluding carboxylic acids is 1. The van der Waals surface area contributed by atoms with Gasteiger partial charge in [-0.2, -0.15) is 0 Å². The minimum atomic E-state index is -0.501. The standard InChI is InChI=1S/C22H24N2O3/c1-2-14-5-6-15-9-17(10-16(15)8-14)20-11-19(12-24-21(20)22(23)25)27-13-18-4-3-7-26-18/h2,5-6,8,11-12,17-18H,1,3-4,7,9-10,13H2,(H2,23,25)/t17-,18+/m1/s1. The molecule has 2 aromatic rings. The highest BCUT2D eigenvalue weighted by atomic mass is 16.5.